The number of fused-ring (bicyclic) bond motifs is 1. The summed E-state index contributed by atoms with van der Waals surface area (Å²) in [5.74, 6) is 0. The molecule has 0 aromatic carbocycles. The Hall–Kier alpha value is -0.350. The van der Waals surface area contributed by atoms with Crippen molar-refractivity contribution in [2.24, 2.45) is 0 Å². The van der Waals surface area contributed by atoms with Gasteiger partial charge >= 0.3 is 0 Å². The Kier molecular flexibility index (Phi) is 3.14. The van der Waals surface area contributed by atoms with Gasteiger partial charge in [0.25, 0.3) is 0 Å². The van der Waals surface area contributed by atoms with Crippen molar-refractivity contribution >= 4 is 32.2 Å². The van der Waals surface area contributed by atoms with Gasteiger partial charge in [-0.25, -0.2) is 4.98 Å². The molecule has 0 saturated heterocycles. The van der Waals surface area contributed by atoms with Gasteiger partial charge in [0.1, 0.15) is 4.60 Å². The zero-order chi connectivity index (χ0) is 11.9. The average Bonchev–Trinajstić information content (AvgIpc) is 2.79. The highest BCUT2D eigenvalue weighted by Crippen LogP contribution is 2.35. The molecule has 0 aliphatic carbocycles. The normalized spacial score (nSPS) is 12.6. The van der Waals surface area contributed by atoms with E-state index in [2.05, 4.69) is 53.4 Å². The number of nitrogens with zero attached hydrogens (tertiary/aromatic N) is 2. The van der Waals surface area contributed by atoms with Crippen LogP contribution in [0.1, 0.15) is 45.5 Å². The minimum atomic E-state index is 0.135. The average molecular weight is 301 g/mol. The molecule has 2 heterocycles. The lowest BCUT2D eigenvalue weighted by molar-refractivity contribution is 0.490. The van der Waals surface area contributed by atoms with Crippen molar-refractivity contribution in [3.8, 4) is 0 Å². The maximum absolute atomic E-state index is 4.76. The largest absolute Gasteiger partial charge is 0.281 e. The zero-order valence-electron chi connectivity index (χ0n) is 10.2. The molecule has 0 saturated carbocycles. The molecule has 2 nitrogen and oxygen atoms in total. The van der Waals surface area contributed by atoms with E-state index in [4.69, 9.17) is 4.98 Å². The molecule has 2 aromatic rings. The monoisotopic (exact) mass is 300 g/mol. The van der Waals surface area contributed by atoms with Crippen molar-refractivity contribution in [2.45, 2.75) is 46.0 Å². The van der Waals surface area contributed by atoms with Crippen molar-refractivity contribution in [3.63, 3.8) is 0 Å². The van der Waals surface area contributed by atoms with Crippen LogP contribution in [0.4, 0.5) is 0 Å². The molecule has 0 aliphatic heterocycles. The maximum atomic E-state index is 4.76. The SMILES string of the molecule is CCc1csc2nc(C(C)(C)CC)c(Br)n12. The van der Waals surface area contributed by atoms with Gasteiger partial charge in [-0.15, -0.1) is 11.3 Å². The number of halogens is 1. The Morgan fingerprint density at radius 3 is 2.69 bits per heavy atom. The summed E-state index contributed by atoms with van der Waals surface area (Å²) >= 11 is 5.43. The van der Waals surface area contributed by atoms with Crippen LogP contribution in [0.15, 0.2) is 9.98 Å². The smallest absolute Gasteiger partial charge is 0.195 e. The summed E-state index contributed by atoms with van der Waals surface area (Å²) in [5.41, 5.74) is 2.64. The van der Waals surface area contributed by atoms with E-state index in [1.165, 1.54) is 11.4 Å². The molecule has 0 spiro atoms. The first-order valence-corrected chi connectivity index (χ1v) is 7.33. The number of aryl methyl sites for hydroxylation is 1. The third-order valence-corrected chi connectivity index (χ3v) is 4.87. The number of aromatic nitrogens is 2. The standard InChI is InChI=1S/C12H17BrN2S/c1-5-8-7-16-11-14-9(10(13)15(8)11)12(3,4)6-2/h7H,5-6H2,1-4H3. The van der Waals surface area contributed by atoms with Crippen molar-refractivity contribution in [2.75, 3.05) is 0 Å². The van der Waals surface area contributed by atoms with Gasteiger partial charge in [0.2, 0.25) is 0 Å². The van der Waals surface area contributed by atoms with Crippen LogP contribution < -0.4 is 0 Å². The summed E-state index contributed by atoms with van der Waals surface area (Å²) in [6.45, 7) is 8.88. The molecule has 0 N–H and O–H groups in total. The van der Waals surface area contributed by atoms with Gasteiger partial charge in [-0.05, 0) is 28.8 Å². The predicted octanol–water partition coefficient (Wildman–Crippen LogP) is 4.41. The molecule has 0 aliphatic rings. The second-order valence-electron chi connectivity index (χ2n) is 4.69. The lowest BCUT2D eigenvalue weighted by Gasteiger charge is -2.20. The van der Waals surface area contributed by atoms with E-state index in [0.717, 1.165) is 22.4 Å². The topological polar surface area (TPSA) is 17.3 Å². The highest BCUT2D eigenvalue weighted by atomic mass is 79.9. The van der Waals surface area contributed by atoms with Gasteiger partial charge in [0, 0.05) is 16.5 Å². The number of rotatable bonds is 3. The quantitative estimate of drug-likeness (QED) is 0.821. The fourth-order valence-corrected chi connectivity index (χ4v) is 3.83. The summed E-state index contributed by atoms with van der Waals surface area (Å²) < 4.78 is 3.37. The van der Waals surface area contributed by atoms with E-state index in [-0.39, 0.29) is 5.41 Å². The Morgan fingerprint density at radius 2 is 2.12 bits per heavy atom. The van der Waals surface area contributed by atoms with Gasteiger partial charge < -0.3 is 0 Å². The van der Waals surface area contributed by atoms with Crippen LogP contribution in [0.25, 0.3) is 4.96 Å². The minimum absolute atomic E-state index is 0.135. The van der Waals surface area contributed by atoms with Crippen molar-refractivity contribution in [1.29, 1.82) is 0 Å². The molecule has 88 valence electrons. The Morgan fingerprint density at radius 1 is 1.44 bits per heavy atom. The maximum Gasteiger partial charge on any atom is 0.195 e. The van der Waals surface area contributed by atoms with Crippen molar-refractivity contribution in [3.05, 3.63) is 21.4 Å². The molecular formula is C12H17BrN2S. The second kappa shape index (κ2) is 4.15. The van der Waals surface area contributed by atoms with E-state index in [0.29, 0.717) is 0 Å². The van der Waals surface area contributed by atoms with Crippen molar-refractivity contribution < 1.29 is 0 Å². The van der Waals surface area contributed by atoms with Crippen LogP contribution in [0.5, 0.6) is 0 Å². The molecule has 0 unspecified atom stereocenters. The van der Waals surface area contributed by atoms with Gasteiger partial charge in [0.15, 0.2) is 4.96 Å². The van der Waals surface area contributed by atoms with Crippen LogP contribution in [0.2, 0.25) is 0 Å². The molecule has 0 amide bonds. The van der Waals surface area contributed by atoms with Gasteiger partial charge in [-0.1, -0.05) is 27.7 Å². The lowest BCUT2D eigenvalue weighted by atomic mass is 9.87. The molecule has 4 heteroatoms. The van der Waals surface area contributed by atoms with Gasteiger partial charge in [-0.2, -0.15) is 0 Å². The zero-order valence-corrected chi connectivity index (χ0v) is 12.6. The van der Waals surface area contributed by atoms with Gasteiger partial charge in [0.05, 0.1) is 5.69 Å². The Balaban J connectivity index is 2.66. The summed E-state index contributed by atoms with van der Waals surface area (Å²) in [6.07, 6.45) is 2.14. The summed E-state index contributed by atoms with van der Waals surface area (Å²) in [6, 6.07) is 0. The molecular weight excluding hydrogens is 284 g/mol. The molecule has 16 heavy (non-hydrogen) atoms. The fourth-order valence-electron chi connectivity index (χ4n) is 1.72. The number of imidazole rings is 1. The highest BCUT2D eigenvalue weighted by molar-refractivity contribution is 9.10. The van der Waals surface area contributed by atoms with E-state index < -0.39 is 0 Å². The lowest BCUT2D eigenvalue weighted by Crippen LogP contribution is -2.16. The van der Waals surface area contributed by atoms with Crippen LogP contribution in [0, 0.1) is 0 Å². The van der Waals surface area contributed by atoms with Crippen LogP contribution in [0.3, 0.4) is 0 Å². The molecule has 0 radical (unpaired) electrons. The summed E-state index contributed by atoms with van der Waals surface area (Å²) in [7, 11) is 0. The predicted molar refractivity (Wildman–Crippen MR) is 73.5 cm³/mol. The number of thiazole rings is 1. The Bertz CT molecular complexity index is 510. The van der Waals surface area contributed by atoms with Crippen LogP contribution in [-0.2, 0) is 11.8 Å². The third kappa shape index (κ3) is 1.72. The fraction of sp³-hybridized carbons (Fsp3) is 0.583. The summed E-state index contributed by atoms with van der Waals surface area (Å²) in [5, 5.41) is 2.19. The van der Waals surface area contributed by atoms with E-state index >= 15 is 0 Å². The molecule has 0 fully saturated rings. The van der Waals surface area contributed by atoms with E-state index in [9.17, 15) is 0 Å². The first-order chi connectivity index (χ1) is 7.51. The first kappa shape index (κ1) is 12.1. The second-order valence-corrected chi connectivity index (χ2v) is 6.27. The highest BCUT2D eigenvalue weighted by Gasteiger charge is 2.26. The molecule has 0 bridgehead atoms. The molecule has 2 aromatic heterocycles. The van der Waals surface area contributed by atoms with Gasteiger partial charge in [-0.3, -0.25) is 4.40 Å². The number of hydrogen-bond acceptors (Lipinski definition) is 2. The van der Waals surface area contributed by atoms with Crippen LogP contribution in [-0.4, -0.2) is 9.38 Å². The third-order valence-electron chi connectivity index (χ3n) is 3.27. The van der Waals surface area contributed by atoms with Crippen molar-refractivity contribution in [1.82, 2.24) is 9.38 Å². The Labute approximate surface area is 109 Å². The summed E-state index contributed by atoms with van der Waals surface area (Å²) in [4.78, 5) is 5.86. The first-order valence-electron chi connectivity index (χ1n) is 5.66. The molecule has 2 rings (SSSR count). The number of hydrogen-bond donors (Lipinski definition) is 0. The molecule has 0 atom stereocenters. The van der Waals surface area contributed by atoms with Crippen LogP contribution >= 0.6 is 27.3 Å². The minimum Gasteiger partial charge on any atom is -0.281 e. The van der Waals surface area contributed by atoms with E-state index in [1.807, 2.05) is 0 Å². The van der Waals surface area contributed by atoms with E-state index in [1.54, 1.807) is 11.3 Å².